The fourth-order valence-electron chi connectivity index (χ4n) is 1.29. The number of hydrogen-bond donors (Lipinski definition) is 3. The second kappa shape index (κ2) is 5.26. The molecule has 0 aliphatic rings. The first-order valence-corrected chi connectivity index (χ1v) is 4.85. The Morgan fingerprint density at radius 1 is 1.59 bits per heavy atom. The summed E-state index contributed by atoms with van der Waals surface area (Å²) in [7, 11) is 0. The highest BCUT2D eigenvalue weighted by atomic mass is 16.6. The highest BCUT2D eigenvalue weighted by Crippen LogP contribution is 2.23. The lowest BCUT2D eigenvalue weighted by Crippen LogP contribution is -2.19. The van der Waals surface area contributed by atoms with E-state index in [1.807, 2.05) is 0 Å². The lowest BCUT2D eigenvalue weighted by molar-refractivity contribution is -0.385. The van der Waals surface area contributed by atoms with Crippen LogP contribution in [0.1, 0.15) is 17.3 Å². The van der Waals surface area contributed by atoms with Crippen LogP contribution in [0.5, 0.6) is 0 Å². The molecule has 1 aromatic rings. The zero-order chi connectivity index (χ0) is 13.0. The van der Waals surface area contributed by atoms with Crippen molar-refractivity contribution in [3.05, 3.63) is 33.9 Å². The minimum atomic E-state index is -1.36. The van der Waals surface area contributed by atoms with E-state index in [4.69, 9.17) is 10.2 Å². The average Bonchev–Trinajstić information content (AvgIpc) is 2.28. The molecule has 0 aliphatic heterocycles. The molecule has 0 radical (unpaired) electrons. The Kier molecular flexibility index (Phi) is 4.00. The van der Waals surface area contributed by atoms with Crippen molar-refractivity contribution in [3.63, 3.8) is 0 Å². The van der Waals surface area contributed by atoms with Gasteiger partial charge in [0.1, 0.15) is 5.56 Å². The number of anilines is 1. The molecule has 92 valence electrons. The maximum absolute atomic E-state index is 10.9. The zero-order valence-electron chi connectivity index (χ0n) is 9.08. The first kappa shape index (κ1) is 12.9. The normalized spacial score (nSPS) is 11.9. The van der Waals surface area contributed by atoms with E-state index in [1.165, 1.54) is 12.1 Å². The van der Waals surface area contributed by atoms with Gasteiger partial charge >= 0.3 is 5.97 Å². The van der Waals surface area contributed by atoms with Crippen molar-refractivity contribution in [3.8, 4) is 0 Å². The van der Waals surface area contributed by atoms with Crippen LogP contribution in [0.15, 0.2) is 18.2 Å². The molecule has 1 atom stereocenters. The molecular weight excluding hydrogens is 228 g/mol. The van der Waals surface area contributed by atoms with Gasteiger partial charge in [0.2, 0.25) is 0 Å². The molecule has 0 bridgehead atoms. The van der Waals surface area contributed by atoms with Gasteiger partial charge in [0, 0.05) is 17.8 Å². The topological polar surface area (TPSA) is 113 Å². The Morgan fingerprint density at radius 3 is 2.71 bits per heavy atom. The Bertz CT molecular complexity index is 446. The van der Waals surface area contributed by atoms with Gasteiger partial charge in [0.05, 0.1) is 11.5 Å². The summed E-state index contributed by atoms with van der Waals surface area (Å²) in [5, 5.41) is 31.1. The molecule has 0 saturated heterocycles. The monoisotopic (exact) mass is 240 g/mol. The molecule has 1 unspecified atom stereocenters. The molecule has 7 heteroatoms. The second-order valence-corrected chi connectivity index (χ2v) is 3.52. The number of aromatic carboxylic acids is 1. The van der Waals surface area contributed by atoms with Crippen LogP contribution in [0.25, 0.3) is 0 Å². The molecule has 0 fully saturated rings. The number of rotatable bonds is 5. The first-order chi connectivity index (χ1) is 7.95. The summed E-state index contributed by atoms with van der Waals surface area (Å²) in [4.78, 5) is 20.7. The number of nitrogens with one attached hydrogen (secondary N) is 1. The molecule has 1 aromatic carbocycles. The summed E-state index contributed by atoms with van der Waals surface area (Å²) in [5.41, 5.74) is -0.431. The quantitative estimate of drug-likeness (QED) is 0.524. The van der Waals surface area contributed by atoms with E-state index >= 15 is 0 Å². The molecule has 0 aromatic heterocycles. The summed E-state index contributed by atoms with van der Waals surface area (Å²) in [6.07, 6.45) is 0. The number of carboxylic acid groups (broad SMARTS) is 1. The van der Waals surface area contributed by atoms with Gasteiger partial charge in [-0.3, -0.25) is 10.1 Å². The van der Waals surface area contributed by atoms with Crippen LogP contribution < -0.4 is 5.32 Å². The Balaban J connectivity index is 3.10. The summed E-state index contributed by atoms with van der Waals surface area (Å²) < 4.78 is 0. The van der Waals surface area contributed by atoms with E-state index < -0.39 is 16.6 Å². The Hall–Kier alpha value is -2.15. The van der Waals surface area contributed by atoms with Crippen LogP contribution in [-0.4, -0.2) is 33.8 Å². The largest absolute Gasteiger partial charge is 0.477 e. The first-order valence-electron chi connectivity index (χ1n) is 4.85. The predicted octanol–water partition coefficient (Wildman–Crippen LogP) is 1.09. The molecule has 1 rings (SSSR count). The molecule has 3 N–H and O–H groups in total. The van der Waals surface area contributed by atoms with Crippen molar-refractivity contribution in [2.75, 3.05) is 11.9 Å². The van der Waals surface area contributed by atoms with E-state index in [-0.39, 0.29) is 18.2 Å². The number of aliphatic hydroxyl groups excluding tert-OH is 1. The zero-order valence-corrected chi connectivity index (χ0v) is 9.08. The highest BCUT2D eigenvalue weighted by molar-refractivity contribution is 5.93. The van der Waals surface area contributed by atoms with Gasteiger partial charge in [-0.2, -0.15) is 0 Å². The molecular formula is C10H12N2O5. The van der Waals surface area contributed by atoms with Crippen LogP contribution >= 0.6 is 0 Å². The van der Waals surface area contributed by atoms with Gasteiger partial charge in [-0.1, -0.05) is 0 Å². The lowest BCUT2D eigenvalue weighted by Gasteiger charge is -2.12. The van der Waals surface area contributed by atoms with Crippen molar-refractivity contribution >= 4 is 17.3 Å². The Morgan fingerprint density at radius 2 is 2.24 bits per heavy atom. The highest BCUT2D eigenvalue weighted by Gasteiger charge is 2.20. The number of nitro benzene ring substituents is 1. The van der Waals surface area contributed by atoms with E-state index in [9.17, 15) is 14.9 Å². The molecule has 7 nitrogen and oxygen atoms in total. The van der Waals surface area contributed by atoms with Crippen LogP contribution in [0.4, 0.5) is 11.4 Å². The van der Waals surface area contributed by atoms with E-state index in [0.29, 0.717) is 5.69 Å². The van der Waals surface area contributed by atoms with Crippen LogP contribution in [-0.2, 0) is 0 Å². The number of benzene rings is 1. The van der Waals surface area contributed by atoms with E-state index in [0.717, 1.165) is 6.07 Å². The van der Waals surface area contributed by atoms with Crippen molar-refractivity contribution < 1.29 is 19.9 Å². The van der Waals surface area contributed by atoms with Crippen molar-refractivity contribution in [2.45, 2.75) is 13.0 Å². The molecule has 0 spiro atoms. The van der Waals surface area contributed by atoms with Crippen LogP contribution in [0.3, 0.4) is 0 Å². The summed E-state index contributed by atoms with van der Waals surface area (Å²) in [6.45, 7) is 1.57. The smallest absolute Gasteiger partial charge is 0.342 e. The minimum Gasteiger partial charge on any atom is -0.477 e. The SMILES string of the molecule is CC(CO)Nc1ccc([N+](=O)[O-])c(C(=O)O)c1. The Labute approximate surface area is 96.8 Å². The van der Waals surface area contributed by atoms with Gasteiger partial charge in [0.15, 0.2) is 0 Å². The van der Waals surface area contributed by atoms with E-state index in [2.05, 4.69) is 5.32 Å². The third-order valence-electron chi connectivity index (χ3n) is 2.11. The fourth-order valence-corrected chi connectivity index (χ4v) is 1.29. The number of nitrogens with zero attached hydrogens (tertiary/aromatic N) is 1. The van der Waals surface area contributed by atoms with Gasteiger partial charge in [-0.15, -0.1) is 0 Å². The lowest BCUT2D eigenvalue weighted by atomic mass is 10.1. The number of nitro groups is 1. The third-order valence-corrected chi connectivity index (χ3v) is 2.11. The number of carbonyl (C=O) groups is 1. The van der Waals surface area contributed by atoms with E-state index in [1.54, 1.807) is 6.92 Å². The van der Waals surface area contributed by atoms with Crippen molar-refractivity contribution in [1.29, 1.82) is 0 Å². The maximum Gasteiger partial charge on any atom is 0.342 e. The van der Waals surface area contributed by atoms with Gasteiger partial charge < -0.3 is 15.5 Å². The molecule has 0 heterocycles. The second-order valence-electron chi connectivity index (χ2n) is 3.52. The maximum atomic E-state index is 10.9. The molecule has 0 amide bonds. The number of hydrogen-bond acceptors (Lipinski definition) is 5. The van der Waals surface area contributed by atoms with Crippen LogP contribution in [0, 0.1) is 10.1 Å². The number of carboxylic acids is 1. The molecule has 0 aliphatic carbocycles. The van der Waals surface area contributed by atoms with Crippen molar-refractivity contribution in [2.24, 2.45) is 0 Å². The molecule has 0 saturated carbocycles. The molecule has 17 heavy (non-hydrogen) atoms. The van der Waals surface area contributed by atoms with Crippen LogP contribution in [0.2, 0.25) is 0 Å². The standard InChI is InChI=1S/C10H12N2O5/c1-6(5-13)11-7-2-3-9(12(16)17)8(4-7)10(14)15/h2-4,6,11,13H,5H2,1H3,(H,14,15). The summed E-state index contributed by atoms with van der Waals surface area (Å²) in [6, 6.07) is 3.43. The van der Waals surface area contributed by atoms with Crippen molar-refractivity contribution in [1.82, 2.24) is 0 Å². The van der Waals surface area contributed by atoms with Gasteiger partial charge in [0.25, 0.3) is 5.69 Å². The number of aliphatic hydroxyl groups is 1. The fraction of sp³-hybridized carbons (Fsp3) is 0.300. The summed E-state index contributed by atoms with van der Waals surface area (Å²) >= 11 is 0. The van der Waals surface area contributed by atoms with Gasteiger partial charge in [-0.05, 0) is 19.1 Å². The summed E-state index contributed by atoms with van der Waals surface area (Å²) in [5.74, 6) is -1.36. The average molecular weight is 240 g/mol. The predicted molar refractivity (Wildman–Crippen MR) is 60.2 cm³/mol. The third kappa shape index (κ3) is 3.15. The van der Waals surface area contributed by atoms with Gasteiger partial charge in [-0.25, -0.2) is 4.79 Å². The minimum absolute atomic E-state index is 0.126.